The molecule has 2 atom stereocenters. The van der Waals surface area contributed by atoms with Crippen LogP contribution in [0.3, 0.4) is 0 Å². The first-order valence-electron chi connectivity index (χ1n) is 6.58. The van der Waals surface area contributed by atoms with Crippen molar-refractivity contribution in [2.24, 2.45) is 5.73 Å². The summed E-state index contributed by atoms with van der Waals surface area (Å²) in [6.45, 7) is 6.30. The molecule has 0 heterocycles. The highest BCUT2D eigenvalue weighted by Gasteiger charge is 2.19. The van der Waals surface area contributed by atoms with Gasteiger partial charge in [0.1, 0.15) is 0 Å². The molecule has 0 aliphatic rings. The van der Waals surface area contributed by atoms with Gasteiger partial charge in [-0.3, -0.25) is 0 Å². The average molecular weight is 274 g/mol. The van der Waals surface area contributed by atoms with Gasteiger partial charge in [-0.25, -0.2) is 0 Å². The molecule has 0 fully saturated rings. The van der Waals surface area contributed by atoms with Gasteiger partial charge in [-0.05, 0) is 42.2 Å². The first kappa shape index (κ1) is 14.1. The Morgan fingerprint density at radius 1 is 1.00 bits per heavy atom. The molecule has 2 aromatic carbocycles. The zero-order valence-corrected chi connectivity index (χ0v) is 12.4. The van der Waals surface area contributed by atoms with E-state index in [1.807, 2.05) is 24.3 Å². The molecule has 2 unspecified atom stereocenters. The molecular weight excluding hydrogens is 254 g/mol. The van der Waals surface area contributed by atoms with Crippen LogP contribution in [0.2, 0.25) is 5.02 Å². The van der Waals surface area contributed by atoms with Gasteiger partial charge in [-0.2, -0.15) is 0 Å². The van der Waals surface area contributed by atoms with Gasteiger partial charge in [0.2, 0.25) is 0 Å². The topological polar surface area (TPSA) is 26.0 Å². The first-order valence-corrected chi connectivity index (χ1v) is 6.95. The molecule has 0 saturated heterocycles. The summed E-state index contributed by atoms with van der Waals surface area (Å²) in [5, 5.41) is 0.762. The third-order valence-corrected chi connectivity index (χ3v) is 4.16. The van der Waals surface area contributed by atoms with Crippen LogP contribution in [0.5, 0.6) is 0 Å². The Bertz CT molecular complexity index is 563. The molecule has 0 saturated carbocycles. The summed E-state index contributed by atoms with van der Waals surface area (Å²) in [5.74, 6) is 0.237. The summed E-state index contributed by atoms with van der Waals surface area (Å²) in [6, 6.07) is 14.4. The highest BCUT2D eigenvalue weighted by Crippen LogP contribution is 2.33. The van der Waals surface area contributed by atoms with E-state index in [9.17, 15) is 0 Å². The molecule has 19 heavy (non-hydrogen) atoms. The van der Waals surface area contributed by atoms with Crippen LogP contribution in [0.25, 0.3) is 0 Å². The third kappa shape index (κ3) is 2.99. The summed E-state index contributed by atoms with van der Waals surface area (Å²) in [5.41, 5.74) is 11.1. The normalized spacial score (nSPS) is 14.2. The van der Waals surface area contributed by atoms with E-state index in [-0.39, 0.29) is 12.0 Å². The van der Waals surface area contributed by atoms with E-state index in [1.165, 1.54) is 16.7 Å². The fraction of sp³-hybridized carbons (Fsp3) is 0.294. The van der Waals surface area contributed by atoms with Crippen LogP contribution in [0, 0.1) is 13.8 Å². The molecule has 1 nitrogen and oxygen atoms in total. The van der Waals surface area contributed by atoms with Gasteiger partial charge in [0.25, 0.3) is 0 Å². The van der Waals surface area contributed by atoms with Crippen molar-refractivity contribution in [3.63, 3.8) is 0 Å². The van der Waals surface area contributed by atoms with Gasteiger partial charge in [0, 0.05) is 17.0 Å². The first-order chi connectivity index (χ1) is 9.00. The maximum Gasteiger partial charge on any atom is 0.0456 e. The number of rotatable bonds is 3. The lowest BCUT2D eigenvalue weighted by molar-refractivity contribution is 0.597. The monoisotopic (exact) mass is 273 g/mol. The van der Waals surface area contributed by atoms with Crippen molar-refractivity contribution in [3.05, 3.63) is 69.7 Å². The van der Waals surface area contributed by atoms with Crippen LogP contribution >= 0.6 is 11.6 Å². The van der Waals surface area contributed by atoms with Gasteiger partial charge >= 0.3 is 0 Å². The molecule has 0 amide bonds. The summed E-state index contributed by atoms with van der Waals surface area (Å²) in [4.78, 5) is 0. The van der Waals surface area contributed by atoms with E-state index in [0.717, 1.165) is 10.6 Å². The predicted molar refractivity (Wildman–Crippen MR) is 82.7 cm³/mol. The molecule has 0 aliphatic heterocycles. The van der Waals surface area contributed by atoms with E-state index in [2.05, 4.69) is 39.0 Å². The number of nitrogens with two attached hydrogens (primary N) is 1. The number of hydrogen-bond acceptors (Lipinski definition) is 1. The van der Waals surface area contributed by atoms with Gasteiger partial charge in [0.05, 0.1) is 0 Å². The van der Waals surface area contributed by atoms with Crippen LogP contribution in [0.15, 0.2) is 42.5 Å². The van der Waals surface area contributed by atoms with Crippen molar-refractivity contribution in [2.45, 2.75) is 32.7 Å². The average Bonchev–Trinajstić information content (AvgIpc) is 2.42. The highest BCUT2D eigenvalue weighted by molar-refractivity contribution is 6.31. The SMILES string of the molecule is Cc1cc(Cl)c(C(N)C(C)c2ccccc2)cc1C. The molecule has 2 rings (SSSR count). The summed E-state index contributed by atoms with van der Waals surface area (Å²) < 4.78 is 0. The van der Waals surface area contributed by atoms with Crippen molar-refractivity contribution in [1.82, 2.24) is 0 Å². The van der Waals surface area contributed by atoms with Gasteiger partial charge in [-0.15, -0.1) is 0 Å². The smallest absolute Gasteiger partial charge is 0.0456 e. The minimum Gasteiger partial charge on any atom is -0.323 e. The Balaban J connectivity index is 2.34. The Morgan fingerprint density at radius 2 is 1.58 bits per heavy atom. The Hall–Kier alpha value is -1.31. The standard InChI is InChI=1S/C17H20ClN/c1-11-9-15(16(18)10-12(11)2)17(19)13(3)14-7-5-4-6-8-14/h4-10,13,17H,19H2,1-3H3. The van der Waals surface area contributed by atoms with Gasteiger partial charge in [-0.1, -0.05) is 54.9 Å². The maximum atomic E-state index is 6.41. The summed E-state index contributed by atoms with van der Waals surface area (Å²) in [7, 11) is 0. The quantitative estimate of drug-likeness (QED) is 0.857. The number of aryl methyl sites for hydroxylation is 2. The molecule has 2 heteroatoms. The summed E-state index contributed by atoms with van der Waals surface area (Å²) >= 11 is 6.35. The van der Waals surface area contributed by atoms with Crippen molar-refractivity contribution in [2.75, 3.05) is 0 Å². The maximum absolute atomic E-state index is 6.41. The van der Waals surface area contributed by atoms with E-state index < -0.39 is 0 Å². The van der Waals surface area contributed by atoms with Crippen LogP contribution in [0.4, 0.5) is 0 Å². The fourth-order valence-electron chi connectivity index (χ4n) is 2.29. The van der Waals surface area contributed by atoms with E-state index >= 15 is 0 Å². The third-order valence-electron chi connectivity index (χ3n) is 3.84. The molecule has 100 valence electrons. The van der Waals surface area contributed by atoms with E-state index in [1.54, 1.807) is 0 Å². The van der Waals surface area contributed by atoms with Crippen LogP contribution < -0.4 is 5.73 Å². The van der Waals surface area contributed by atoms with Crippen LogP contribution in [0.1, 0.15) is 41.1 Å². The largest absolute Gasteiger partial charge is 0.323 e. The molecular formula is C17H20ClN. The lowest BCUT2D eigenvalue weighted by atomic mass is 9.88. The lowest BCUT2D eigenvalue weighted by Crippen LogP contribution is -2.18. The lowest BCUT2D eigenvalue weighted by Gasteiger charge is -2.22. The second kappa shape index (κ2) is 5.77. The molecule has 2 aromatic rings. The second-order valence-corrected chi connectivity index (χ2v) is 5.59. The number of halogens is 1. The van der Waals surface area contributed by atoms with E-state index in [4.69, 9.17) is 17.3 Å². The Morgan fingerprint density at radius 3 is 2.21 bits per heavy atom. The molecule has 0 radical (unpaired) electrons. The Kier molecular flexibility index (Phi) is 4.28. The minimum atomic E-state index is -0.0887. The fourth-order valence-corrected chi connectivity index (χ4v) is 2.64. The predicted octanol–water partition coefficient (Wildman–Crippen LogP) is 4.76. The zero-order valence-electron chi connectivity index (χ0n) is 11.7. The second-order valence-electron chi connectivity index (χ2n) is 5.18. The molecule has 2 N–H and O–H groups in total. The van der Waals surface area contributed by atoms with Crippen molar-refractivity contribution in [1.29, 1.82) is 0 Å². The number of hydrogen-bond donors (Lipinski definition) is 1. The van der Waals surface area contributed by atoms with Gasteiger partial charge < -0.3 is 5.73 Å². The van der Waals surface area contributed by atoms with Crippen molar-refractivity contribution >= 4 is 11.6 Å². The minimum absolute atomic E-state index is 0.0887. The molecule has 0 spiro atoms. The van der Waals surface area contributed by atoms with Crippen molar-refractivity contribution in [3.8, 4) is 0 Å². The van der Waals surface area contributed by atoms with Gasteiger partial charge in [0.15, 0.2) is 0 Å². The van der Waals surface area contributed by atoms with Crippen LogP contribution in [-0.2, 0) is 0 Å². The van der Waals surface area contributed by atoms with E-state index in [0.29, 0.717) is 0 Å². The highest BCUT2D eigenvalue weighted by atomic mass is 35.5. The number of benzene rings is 2. The molecule has 0 aliphatic carbocycles. The summed E-state index contributed by atoms with van der Waals surface area (Å²) in [6.07, 6.45) is 0. The molecule has 0 bridgehead atoms. The zero-order chi connectivity index (χ0) is 14.0. The Labute approximate surface area is 120 Å². The molecule has 0 aromatic heterocycles. The van der Waals surface area contributed by atoms with Crippen LogP contribution in [-0.4, -0.2) is 0 Å². The van der Waals surface area contributed by atoms with Crippen molar-refractivity contribution < 1.29 is 0 Å².